The maximum atomic E-state index is 11.9. The Morgan fingerprint density at radius 1 is 0.958 bits per heavy atom. The van der Waals surface area contributed by atoms with E-state index in [1.165, 1.54) is 5.56 Å². The summed E-state index contributed by atoms with van der Waals surface area (Å²) in [5.74, 6) is -0.225. The van der Waals surface area contributed by atoms with Gasteiger partial charge < -0.3 is 16.0 Å². The fourth-order valence-corrected chi connectivity index (χ4v) is 2.23. The number of benzene rings is 2. The van der Waals surface area contributed by atoms with Crippen LogP contribution in [0, 0.1) is 6.92 Å². The second kappa shape index (κ2) is 8.72. The van der Waals surface area contributed by atoms with Gasteiger partial charge in [-0.2, -0.15) is 0 Å². The van der Waals surface area contributed by atoms with Crippen molar-refractivity contribution in [3.8, 4) is 0 Å². The van der Waals surface area contributed by atoms with Gasteiger partial charge in [-0.3, -0.25) is 4.79 Å². The van der Waals surface area contributed by atoms with Crippen molar-refractivity contribution in [1.29, 1.82) is 0 Å². The van der Waals surface area contributed by atoms with E-state index in [0.717, 1.165) is 11.1 Å². The van der Waals surface area contributed by atoms with Crippen LogP contribution in [0.25, 0.3) is 0 Å². The quantitative estimate of drug-likeness (QED) is 0.764. The third-order valence-corrected chi connectivity index (χ3v) is 3.66. The van der Waals surface area contributed by atoms with Gasteiger partial charge in [-0.15, -0.1) is 0 Å². The van der Waals surface area contributed by atoms with Crippen LogP contribution in [0.4, 0.5) is 4.79 Å². The number of amides is 3. The molecule has 0 fully saturated rings. The van der Waals surface area contributed by atoms with E-state index in [-0.39, 0.29) is 24.5 Å². The van der Waals surface area contributed by atoms with Crippen molar-refractivity contribution in [2.45, 2.75) is 26.4 Å². The van der Waals surface area contributed by atoms with Crippen LogP contribution in [0.5, 0.6) is 0 Å². The maximum absolute atomic E-state index is 11.9. The van der Waals surface area contributed by atoms with E-state index in [1.54, 1.807) is 0 Å². The molecule has 0 aromatic heterocycles. The summed E-state index contributed by atoms with van der Waals surface area (Å²) in [5.41, 5.74) is 3.21. The molecule has 0 spiro atoms. The van der Waals surface area contributed by atoms with Crippen molar-refractivity contribution in [2.24, 2.45) is 0 Å². The Morgan fingerprint density at radius 3 is 2.29 bits per heavy atom. The number of hydrogen-bond donors (Lipinski definition) is 3. The summed E-state index contributed by atoms with van der Waals surface area (Å²) in [6.45, 7) is 4.29. The van der Waals surface area contributed by atoms with Gasteiger partial charge in [0.25, 0.3) is 0 Å². The molecule has 0 saturated carbocycles. The first-order chi connectivity index (χ1) is 11.5. The molecule has 5 nitrogen and oxygen atoms in total. The third kappa shape index (κ3) is 5.76. The van der Waals surface area contributed by atoms with Gasteiger partial charge in [-0.05, 0) is 25.0 Å². The lowest BCUT2D eigenvalue weighted by molar-refractivity contribution is -0.120. The highest BCUT2D eigenvalue weighted by Gasteiger charge is 2.10. The average molecular weight is 325 g/mol. The summed E-state index contributed by atoms with van der Waals surface area (Å²) in [6.07, 6.45) is 0. The molecule has 0 radical (unpaired) electrons. The number of rotatable bonds is 6. The minimum atomic E-state index is -0.363. The van der Waals surface area contributed by atoms with Crippen LogP contribution in [0.2, 0.25) is 0 Å². The molecule has 1 atom stereocenters. The van der Waals surface area contributed by atoms with E-state index in [0.29, 0.717) is 6.54 Å². The van der Waals surface area contributed by atoms with Gasteiger partial charge in [0.2, 0.25) is 5.91 Å². The molecule has 0 saturated heterocycles. The molecule has 2 aromatic carbocycles. The van der Waals surface area contributed by atoms with Crippen LogP contribution >= 0.6 is 0 Å². The van der Waals surface area contributed by atoms with Crippen molar-refractivity contribution in [1.82, 2.24) is 16.0 Å². The van der Waals surface area contributed by atoms with E-state index in [4.69, 9.17) is 0 Å². The van der Waals surface area contributed by atoms with E-state index in [2.05, 4.69) is 16.0 Å². The lowest BCUT2D eigenvalue weighted by Gasteiger charge is -2.14. The molecule has 5 heteroatoms. The van der Waals surface area contributed by atoms with E-state index in [1.807, 2.05) is 68.4 Å². The predicted molar refractivity (Wildman–Crippen MR) is 94.4 cm³/mol. The van der Waals surface area contributed by atoms with Crippen molar-refractivity contribution >= 4 is 11.9 Å². The molecule has 0 aliphatic rings. The van der Waals surface area contributed by atoms with Crippen LogP contribution in [0.3, 0.4) is 0 Å². The minimum Gasteiger partial charge on any atom is -0.348 e. The Hall–Kier alpha value is -2.82. The standard InChI is InChI=1S/C19H23N3O2/c1-14-8-10-16(11-9-14)12-20-19(24)21-13-18(23)22-15(2)17-6-4-3-5-7-17/h3-11,15H,12-13H2,1-2H3,(H,22,23)(H2,20,21,24)/t15-/m0/s1. The second-order valence-electron chi connectivity index (χ2n) is 5.72. The number of carbonyl (C=O) groups is 2. The molecule has 2 aromatic rings. The Kier molecular flexibility index (Phi) is 6.37. The summed E-state index contributed by atoms with van der Waals surface area (Å²) in [5, 5.41) is 8.14. The lowest BCUT2D eigenvalue weighted by Crippen LogP contribution is -2.42. The van der Waals surface area contributed by atoms with Gasteiger partial charge in [-0.25, -0.2) is 4.79 Å². The van der Waals surface area contributed by atoms with Crippen LogP contribution in [0.15, 0.2) is 54.6 Å². The zero-order chi connectivity index (χ0) is 17.4. The number of hydrogen-bond acceptors (Lipinski definition) is 2. The number of urea groups is 1. The van der Waals surface area contributed by atoms with Gasteiger partial charge in [0.15, 0.2) is 0 Å². The molecule has 0 heterocycles. The van der Waals surface area contributed by atoms with Crippen molar-refractivity contribution < 1.29 is 9.59 Å². The van der Waals surface area contributed by atoms with Gasteiger partial charge >= 0.3 is 6.03 Å². The smallest absolute Gasteiger partial charge is 0.315 e. The van der Waals surface area contributed by atoms with E-state index in [9.17, 15) is 9.59 Å². The predicted octanol–water partition coefficient (Wildman–Crippen LogP) is 2.67. The molecular formula is C19H23N3O2. The van der Waals surface area contributed by atoms with Gasteiger partial charge in [-0.1, -0.05) is 60.2 Å². The zero-order valence-corrected chi connectivity index (χ0v) is 14.0. The fourth-order valence-electron chi connectivity index (χ4n) is 2.23. The number of carbonyl (C=O) groups excluding carboxylic acids is 2. The molecule has 0 aliphatic heterocycles. The molecule has 24 heavy (non-hydrogen) atoms. The van der Waals surface area contributed by atoms with Crippen molar-refractivity contribution in [3.63, 3.8) is 0 Å². The summed E-state index contributed by atoms with van der Waals surface area (Å²) in [6, 6.07) is 17.1. The first-order valence-electron chi connectivity index (χ1n) is 7.96. The maximum Gasteiger partial charge on any atom is 0.315 e. The van der Waals surface area contributed by atoms with Crippen LogP contribution in [0.1, 0.15) is 29.7 Å². The third-order valence-electron chi connectivity index (χ3n) is 3.66. The Labute approximate surface area is 142 Å². The summed E-state index contributed by atoms with van der Waals surface area (Å²) in [7, 11) is 0. The highest BCUT2D eigenvalue weighted by atomic mass is 16.2. The molecule has 3 amide bonds. The largest absolute Gasteiger partial charge is 0.348 e. The monoisotopic (exact) mass is 325 g/mol. The topological polar surface area (TPSA) is 70.2 Å². The Bertz CT molecular complexity index is 669. The average Bonchev–Trinajstić information content (AvgIpc) is 2.60. The number of aryl methyl sites for hydroxylation is 1. The normalized spacial score (nSPS) is 11.4. The molecule has 3 N–H and O–H groups in total. The Balaban J connectivity index is 1.69. The summed E-state index contributed by atoms with van der Waals surface area (Å²) >= 11 is 0. The highest BCUT2D eigenvalue weighted by molar-refractivity contribution is 5.84. The van der Waals surface area contributed by atoms with E-state index < -0.39 is 0 Å². The summed E-state index contributed by atoms with van der Waals surface area (Å²) < 4.78 is 0. The van der Waals surface area contributed by atoms with Gasteiger partial charge in [0, 0.05) is 6.54 Å². The first-order valence-corrected chi connectivity index (χ1v) is 7.96. The lowest BCUT2D eigenvalue weighted by atomic mass is 10.1. The fraction of sp³-hybridized carbons (Fsp3) is 0.263. The SMILES string of the molecule is Cc1ccc(CNC(=O)NCC(=O)N[C@@H](C)c2ccccc2)cc1. The van der Waals surface area contributed by atoms with Crippen molar-refractivity contribution in [3.05, 3.63) is 71.3 Å². The van der Waals surface area contributed by atoms with Crippen LogP contribution in [-0.4, -0.2) is 18.5 Å². The molecule has 126 valence electrons. The highest BCUT2D eigenvalue weighted by Crippen LogP contribution is 2.10. The number of nitrogens with one attached hydrogen (secondary N) is 3. The zero-order valence-electron chi connectivity index (χ0n) is 14.0. The minimum absolute atomic E-state index is 0.0586. The van der Waals surface area contributed by atoms with E-state index >= 15 is 0 Å². The van der Waals surface area contributed by atoms with Crippen molar-refractivity contribution in [2.75, 3.05) is 6.54 Å². The molecule has 0 aliphatic carbocycles. The summed E-state index contributed by atoms with van der Waals surface area (Å²) in [4.78, 5) is 23.6. The second-order valence-corrected chi connectivity index (χ2v) is 5.72. The Morgan fingerprint density at radius 2 is 1.62 bits per heavy atom. The molecule has 0 unspecified atom stereocenters. The molecule has 2 rings (SSSR count). The van der Waals surface area contributed by atoms with Gasteiger partial charge in [0.05, 0.1) is 12.6 Å². The molecular weight excluding hydrogens is 302 g/mol. The van der Waals surface area contributed by atoms with Crippen LogP contribution in [-0.2, 0) is 11.3 Å². The van der Waals surface area contributed by atoms with Gasteiger partial charge in [0.1, 0.15) is 0 Å². The molecule has 0 bridgehead atoms. The first kappa shape index (κ1) is 17.5. The van der Waals surface area contributed by atoms with Crippen LogP contribution < -0.4 is 16.0 Å².